The summed E-state index contributed by atoms with van der Waals surface area (Å²) in [6, 6.07) is 6.91. The summed E-state index contributed by atoms with van der Waals surface area (Å²) in [5, 5.41) is 20.8. The molecule has 1 heterocycles. The lowest BCUT2D eigenvalue weighted by molar-refractivity contribution is -0.147. The van der Waals surface area contributed by atoms with E-state index in [0.717, 1.165) is 6.42 Å². The van der Waals surface area contributed by atoms with E-state index in [-0.39, 0.29) is 31.2 Å². The highest BCUT2D eigenvalue weighted by Crippen LogP contribution is 2.25. The van der Waals surface area contributed by atoms with Crippen LogP contribution >= 0.6 is 11.6 Å². The van der Waals surface area contributed by atoms with Crippen molar-refractivity contribution in [3.05, 3.63) is 41.4 Å². The van der Waals surface area contributed by atoms with Gasteiger partial charge in [-0.3, -0.25) is 4.79 Å². The number of halogens is 1. The van der Waals surface area contributed by atoms with Crippen molar-refractivity contribution in [2.24, 2.45) is 5.92 Å². The first kappa shape index (κ1) is 25.2. The number of carbonyl (C=O) groups is 1. The number of benzene rings is 1. The van der Waals surface area contributed by atoms with Crippen molar-refractivity contribution in [1.29, 1.82) is 0 Å². The second-order valence-corrected chi connectivity index (χ2v) is 8.13. The maximum atomic E-state index is 11.5. The fraction of sp³-hybridized carbons (Fsp3) is 0.542. The maximum absolute atomic E-state index is 11.5. The van der Waals surface area contributed by atoms with Gasteiger partial charge in [-0.05, 0) is 51.3 Å². The van der Waals surface area contributed by atoms with Gasteiger partial charge >= 0.3 is 5.97 Å². The zero-order chi connectivity index (χ0) is 22.6. The number of allylic oxidation sites excluding steroid dienone is 2. The van der Waals surface area contributed by atoms with Gasteiger partial charge in [-0.25, -0.2) is 0 Å². The lowest BCUT2D eigenvalue weighted by atomic mass is 9.95. The van der Waals surface area contributed by atoms with Gasteiger partial charge in [0.15, 0.2) is 0 Å². The lowest BCUT2D eigenvalue weighted by Crippen LogP contribution is -2.23. The van der Waals surface area contributed by atoms with Crippen LogP contribution in [-0.2, 0) is 14.3 Å². The van der Waals surface area contributed by atoms with Crippen LogP contribution in [0.5, 0.6) is 5.75 Å². The molecule has 0 saturated carbocycles. The van der Waals surface area contributed by atoms with Crippen molar-refractivity contribution >= 4 is 17.6 Å². The molecule has 2 rings (SSSR count). The molecule has 1 aliphatic heterocycles. The Bertz CT molecular complexity index is 782. The quantitative estimate of drug-likeness (QED) is 0.245. The third kappa shape index (κ3) is 9.75. The fourth-order valence-electron chi connectivity index (χ4n) is 3.09. The zero-order valence-electron chi connectivity index (χ0n) is 18.0. The number of hydrogen-bond donors (Lipinski definition) is 2. The lowest BCUT2D eigenvalue weighted by Gasteiger charge is -2.14. The highest BCUT2D eigenvalue weighted by Gasteiger charge is 2.34. The number of ether oxygens (including phenoxy) is 3. The average Bonchev–Trinajstić information content (AvgIpc) is 3.06. The maximum Gasteiger partial charge on any atom is 0.306 e. The van der Waals surface area contributed by atoms with E-state index >= 15 is 0 Å². The van der Waals surface area contributed by atoms with Crippen molar-refractivity contribution in [3.8, 4) is 17.6 Å². The number of rotatable bonds is 10. The van der Waals surface area contributed by atoms with Gasteiger partial charge in [-0.1, -0.05) is 41.7 Å². The van der Waals surface area contributed by atoms with Crippen LogP contribution in [-0.4, -0.2) is 53.8 Å². The molecule has 1 aromatic rings. The predicted molar refractivity (Wildman–Crippen MR) is 119 cm³/mol. The number of esters is 1. The molecular weight excluding hydrogens is 420 g/mol. The van der Waals surface area contributed by atoms with Gasteiger partial charge in [-0.15, -0.1) is 0 Å². The molecule has 31 heavy (non-hydrogen) atoms. The Morgan fingerprint density at radius 2 is 2.19 bits per heavy atom. The molecule has 0 aliphatic carbocycles. The van der Waals surface area contributed by atoms with Crippen molar-refractivity contribution in [2.45, 2.75) is 63.9 Å². The molecule has 0 amide bonds. The highest BCUT2D eigenvalue weighted by molar-refractivity contribution is 6.30. The summed E-state index contributed by atoms with van der Waals surface area (Å²) in [5.41, 5.74) is 0. The van der Waals surface area contributed by atoms with Crippen molar-refractivity contribution in [3.63, 3.8) is 0 Å². The highest BCUT2D eigenvalue weighted by atomic mass is 35.5. The summed E-state index contributed by atoms with van der Waals surface area (Å²) in [5.74, 6) is 5.85. The minimum Gasteiger partial charge on any atom is -0.490 e. The van der Waals surface area contributed by atoms with E-state index in [9.17, 15) is 15.0 Å². The van der Waals surface area contributed by atoms with Crippen LogP contribution in [0.2, 0.25) is 5.02 Å². The van der Waals surface area contributed by atoms with Gasteiger partial charge in [-0.2, -0.15) is 0 Å². The summed E-state index contributed by atoms with van der Waals surface area (Å²) in [6.07, 6.45) is 4.30. The van der Waals surface area contributed by atoms with Crippen molar-refractivity contribution in [2.75, 3.05) is 13.2 Å². The Kier molecular flexibility index (Phi) is 10.9. The molecule has 7 heteroatoms. The third-order valence-electron chi connectivity index (χ3n) is 4.62. The Hall–Kier alpha value is -2.04. The molecule has 0 spiro atoms. The second kappa shape index (κ2) is 13.4. The minimum atomic E-state index is -0.984. The summed E-state index contributed by atoms with van der Waals surface area (Å²) >= 11 is 5.90. The zero-order valence-corrected chi connectivity index (χ0v) is 18.8. The number of aliphatic hydroxyl groups excluding tert-OH is 2. The van der Waals surface area contributed by atoms with Crippen LogP contribution in [0.15, 0.2) is 36.4 Å². The Balaban J connectivity index is 1.74. The molecule has 2 N–H and O–H groups in total. The largest absolute Gasteiger partial charge is 0.490 e. The van der Waals surface area contributed by atoms with Crippen LogP contribution in [0.25, 0.3) is 0 Å². The van der Waals surface area contributed by atoms with Crippen molar-refractivity contribution in [1.82, 2.24) is 0 Å². The van der Waals surface area contributed by atoms with Crippen LogP contribution < -0.4 is 4.74 Å². The molecule has 0 aromatic heterocycles. The molecule has 4 atom stereocenters. The van der Waals surface area contributed by atoms with Gasteiger partial charge in [0, 0.05) is 17.4 Å². The van der Waals surface area contributed by atoms with Gasteiger partial charge in [0.2, 0.25) is 0 Å². The Labute approximate surface area is 189 Å². The molecule has 1 fully saturated rings. The normalized spacial score (nSPS) is 21.7. The number of hydrogen-bond acceptors (Lipinski definition) is 6. The van der Waals surface area contributed by atoms with Gasteiger partial charge in [0.1, 0.15) is 24.6 Å². The average molecular weight is 451 g/mol. The van der Waals surface area contributed by atoms with E-state index in [0.29, 0.717) is 30.0 Å². The molecule has 170 valence electrons. The van der Waals surface area contributed by atoms with E-state index in [4.69, 9.17) is 25.8 Å². The number of carbonyl (C=O) groups excluding carboxylic acids is 1. The Morgan fingerprint density at radius 1 is 1.39 bits per heavy atom. The van der Waals surface area contributed by atoms with Crippen LogP contribution in [0.1, 0.15) is 39.5 Å². The van der Waals surface area contributed by atoms with Gasteiger partial charge in [0.25, 0.3) is 0 Å². The minimum absolute atomic E-state index is 0.00638. The first-order valence-electron chi connectivity index (χ1n) is 10.6. The second-order valence-electron chi connectivity index (χ2n) is 7.70. The van der Waals surface area contributed by atoms with Gasteiger partial charge < -0.3 is 24.4 Å². The molecule has 1 saturated heterocycles. The standard InChI is InChI=1S/C24H31ClO6/c1-17(2)31-24(28)11-6-4-3-5-10-21-22(27)16-30-23(21)13-12-19(26)15-29-20-9-7-8-18(25)14-20/h3,5,7-9,14,17,19,21-23,26-27H,4,6,10-11,15-16H2,1-2H3/b5-3-/t19-,21+,22+,23?/m1/s1. The first-order chi connectivity index (χ1) is 14.8. The molecular formula is C24H31ClO6. The Morgan fingerprint density at radius 3 is 2.94 bits per heavy atom. The van der Waals surface area contributed by atoms with Crippen molar-refractivity contribution < 1.29 is 29.2 Å². The van der Waals surface area contributed by atoms with E-state index in [1.807, 2.05) is 26.0 Å². The van der Waals surface area contributed by atoms with Crippen LogP contribution in [0, 0.1) is 17.8 Å². The SMILES string of the molecule is CC(C)OC(=O)CCC/C=C\C[C@@H]1C(C#C[C@@H](O)COc2cccc(Cl)c2)OC[C@@H]1O. The summed E-state index contributed by atoms with van der Waals surface area (Å²) in [4.78, 5) is 11.5. The molecule has 1 aromatic carbocycles. The smallest absolute Gasteiger partial charge is 0.306 e. The fourth-order valence-corrected chi connectivity index (χ4v) is 3.27. The molecule has 0 bridgehead atoms. The first-order valence-corrected chi connectivity index (χ1v) is 10.9. The summed E-state index contributed by atoms with van der Waals surface area (Å²) < 4.78 is 16.1. The van der Waals surface area contributed by atoms with Crippen LogP contribution in [0.3, 0.4) is 0 Å². The molecule has 1 unspecified atom stereocenters. The van der Waals surface area contributed by atoms with E-state index < -0.39 is 18.3 Å². The predicted octanol–water partition coefficient (Wildman–Crippen LogP) is 3.53. The van der Waals surface area contributed by atoms with E-state index in [1.165, 1.54) is 0 Å². The van der Waals surface area contributed by atoms with E-state index in [1.54, 1.807) is 24.3 Å². The number of unbranched alkanes of at least 4 members (excludes halogenated alkanes) is 1. The topological polar surface area (TPSA) is 85.2 Å². The molecule has 6 nitrogen and oxygen atoms in total. The van der Waals surface area contributed by atoms with Gasteiger partial charge in [0.05, 0.1) is 18.8 Å². The monoisotopic (exact) mass is 450 g/mol. The third-order valence-corrected chi connectivity index (χ3v) is 4.85. The summed E-state index contributed by atoms with van der Waals surface area (Å²) in [6.45, 7) is 3.88. The van der Waals surface area contributed by atoms with Crippen LogP contribution in [0.4, 0.5) is 0 Å². The van der Waals surface area contributed by atoms with E-state index in [2.05, 4.69) is 11.8 Å². The summed E-state index contributed by atoms with van der Waals surface area (Å²) in [7, 11) is 0. The molecule has 0 radical (unpaired) electrons. The number of aliphatic hydroxyl groups is 2. The molecule has 1 aliphatic rings.